The van der Waals surface area contributed by atoms with Crippen molar-refractivity contribution in [3.05, 3.63) is 29.6 Å². The Bertz CT molecular complexity index is 458. The standard InChI is InChI=1S/C14H15FN2/c15-12-5-6-13(11(7-12)8-16)17-14(9-1-2-9)10-3-4-10/h5-7,9-10,14,17H,1-4H2. The van der Waals surface area contributed by atoms with Crippen LogP contribution in [0.15, 0.2) is 18.2 Å². The number of benzene rings is 1. The maximum Gasteiger partial charge on any atom is 0.124 e. The Balaban J connectivity index is 1.81. The van der Waals surface area contributed by atoms with E-state index in [4.69, 9.17) is 5.26 Å². The summed E-state index contributed by atoms with van der Waals surface area (Å²) in [6.07, 6.45) is 5.16. The van der Waals surface area contributed by atoms with Crippen LogP contribution in [0.3, 0.4) is 0 Å². The molecule has 3 rings (SSSR count). The predicted octanol–water partition coefficient (Wildman–Crippen LogP) is 3.30. The van der Waals surface area contributed by atoms with Crippen molar-refractivity contribution in [3.8, 4) is 6.07 Å². The molecule has 0 spiro atoms. The first-order valence-electron chi connectivity index (χ1n) is 6.24. The summed E-state index contributed by atoms with van der Waals surface area (Å²) in [6, 6.07) is 6.96. The fourth-order valence-corrected chi connectivity index (χ4v) is 2.45. The van der Waals surface area contributed by atoms with Crippen molar-refractivity contribution in [1.82, 2.24) is 0 Å². The normalized spacial score (nSPS) is 19.1. The Hall–Kier alpha value is -1.56. The van der Waals surface area contributed by atoms with Crippen molar-refractivity contribution in [2.45, 2.75) is 31.7 Å². The summed E-state index contributed by atoms with van der Waals surface area (Å²) in [4.78, 5) is 0. The van der Waals surface area contributed by atoms with Crippen molar-refractivity contribution >= 4 is 5.69 Å². The van der Waals surface area contributed by atoms with Gasteiger partial charge in [-0.05, 0) is 55.7 Å². The number of nitrogens with one attached hydrogen (secondary N) is 1. The summed E-state index contributed by atoms with van der Waals surface area (Å²) in [6.45, 7) is 0. The van der Waals surface area contributed by atoms with E-state index in [1.54, 1.807) is 6.07 Å². The first-order valence-corrected chi connectivity index (χ1v) is 6.24. The Morgan fingerprint density at radius 3 is 2.41 bits per heavy atom. The quantitative estimate of drug-likeness (QED) is 0.861. The minimum Gasteiger partial charge on any atom is -0.381 e. The molecule has 0 heterocycles. The number of nitriles is 1. The summed E-state index contributed by atoms with van der Waals surface area (Å²) in [5.74, 6) is 1.18. The molecule has 0 radical (unpaired) electrons. The van der Waals surface area contributed by atoms with Gasteiger partial charge in [-0.15, -0.1) is 0 Å². The van der Waals surface area contributed by atoms with Gasteiger partial charge in [-0.2, -0.15) is 5.26 Å². The second kappa shape index (κ2) is 4.03. The topological polar surface area (TPSA) is 35.8 Å². The highest BCUT2D eigenvalue weighted by molar-refractivity contribution is 5.58. The van der Waals surface area contributed by atoms with Crippen LogP contribution in [-0.2, 0) is 0 Å². The number of rotatable bonds is 4. The van der Waals surface area contributed by atoms with Crippen LogP contribution in [0.25, 0.3) is 0 Å². The Kier molecular flexibility index (Phi) is 2.51. The molecule has 0 amide bonds. The SMILES string of the molecule is N#Cc1cc(F)ccc1NC(C1CC1)C1CC1. The zero-order chi connectivity index (χ0) is 11.8. The first kappa shape index (κ1) is 10.6. The molecule has 2 fully saturated rings. The summed E-state index contributed by atoms with van der Waals surface area (Å²) >= 11 is 0. The summed E-state index contributed by atoms with van der Waals surface area (Å²) in [7, 11) is 0. The molecule has 17 heavy (non-hydrogen) atoms. The Morgan fingerprint density at radius 2 is 1.88 bits per heavy atom. The second-order valence-corrected chi connectivity index (χ2v) is 5.15. The van der Waals surface area contributed by atoms with E-state index < -0.39 is 0 Å². The maximum atomic E-state index is 13.0. The Labute approximate surface area is 100 Å². The van der Waals surface area contributed by atoms with Gasteiger partial charge in [-0.1, -0.05) is 0 Å². The summed E-state index contributed by atoms with van der Waals surface area (Å²) in [5, 5.41) is 12.5. The van der Waals surface area contributed by atoms with Gasteiger partial charge in [0.1, 0.15) is 11.9 Å². The van der Waals surface area contributed by atoms with E-state index in [0.29, 0.717) is 11.6 Å². The average Bonchev–Trinajstić information content (AvgIpc) is 3.17. The van der Waals surface area contributed by atoms with Crippen LogP contribution in [0, 0.1) is 29.0 Å². The number of hydrogen-bond donors (Lipinski definition) is 1. The molecule has 88 valence electrons. The molecule has 0 saturated heterocycles. The highest BCUT2D eigenvalue weighted by Crippen LogP contribution is 2.46. The van der Waals surface area contributed by atoms with Gasteiger partial charge in [0, 0.05) is 6.04 Å². The van der Waals surface area contributed by atoms with Gasteiger partial charge < -0.3 is 5.32 Å². The van der Waals surface area contributed by atoms with E-state index in [0.717, 1.165) is 17.5 Å². The molecule has 2 aliphatic rings. The molecule has 2 aliphatic carbocycles. The van der Waals surface area contributed by atoms with E-state index in [2.05, 4.69) is 11.4 Å². The highest BCUT2D eigenvalue weighted by Gasteiger charge is 2.41. The minimum atomic E-state index is -0.346. The largest absolute Gasteiger partial charge is 0.381 e. The van der Waals surface area contributed by atoms with E-state index in [1.807, 2.05) is 0 Å². The molecule has 0 bridgehead atoms. The molecule has 0 atom stereocenters. The van der Waals surface area contributed by atoms with Gasteiger partial charge in [-0.25, -0.2) is 4.39 Å². The molecule has 0 unspecified atom stereocenters. The first-order chi connectivity index (χ1) is 8.28. The van der Waals surface area contributed by atoms with Gasteiger partial charge in [0.25, 0.3) is 0 Å². The van der Waals surface area contributed by atoms with E-state index >= 15 is 0 Å². The van der Waals surface area contributed by atoms with Crippen molar-refractivity contribution in [2.24, 2.45) is 11.8 Å². The molecule has 0 aliphatic heterocycles. The number of nitrogens with zero attached hydrogens (tertiary/aromatic N) is 1. The van der Waals surface area contributed by atoms with E-state index in [9.17, 15) is 4.39 Å². The number of anilines is 1. The zero-order valence-electron chi connectivity index (χ0n) is 9.62. The molecule has 2 nitrogen and oxygen atoms in total. The maximum absolute atomic E-state index is 13.0. The van der Waals surface area contributed by atoms with Crippen molar-refractivity contribution in [3.63, 3.8) is 0 Å². The van der Waals surface area contributed by atoms with Crippen molar-refractivity contribution in [2.75, 3.05) is 5.32 Å². The van der Waals surface area contributed by atoms with Crippen LogP contribution in [-0.4, -0.2) is 6.04 Å². The van der Waals surface area contributed by atoms with Gasteiger partial charge in [-0.3, -0.25) is 0 Å². The summed E-state index contributed by atoms with van der Waals surface area (Å²) < 4.78 is 13.0. The van der Waals surface area contributed by atoms with Gasteiger partial charge in [0.2, 0.25) is 0 Å². The van der Waals surface area contributed by atoms with Crippen LogP contribution in [0.1, 0.15) is 31.2 Å². The monoisotopic (exact) mass is 230 g/mol. The third kappa shape index (κ3) is 2.26. The molecule has 0 aromatic heterocycles. The molecule has 3 heteroatoms. The average molecular weight is 230 g/mol. The molecule has 1 aromatic carbocycles. The van der Waals surface area contributed by atoms with Gasteiger partial charge >= 0.3 is 0 Å². The lowest BCUT2D eigenvalue weighted by Crippen LogP contribution is -2.24. The number of halogens is 1. The summed E-state index contributed by atoms with van der Waals surface area (Å²) in [5.41, 5.74) is 1.20. The van der Waals surface area contributed by atoms with Crippen LogP contribution in [0.2, 0.25) is 0 Å². The van der Waals surface area contributed by atoms with Crippen molar-refractivity contribution < 1.29 is 4.39 Å². The lowest BCUT2D eigenvalue weighted by atomic mass is 10.1. The van der Waals surface area contributed by atoms with Crippen LogP contribution < -0.4 is 5.32 Å². The fourth-order valence-electron chi connectivity index (χ4n) is 2.45. The van der Waals surface area contributed by atoms with E-state index in [-0.39, 0.29) is 5.82 Å². The van der Waals surface area contributed by atoms with Gasteiger partial charge in [0.15, 0.2) is 0 Å². The lowest BCUT2D eigenvalue weighted by molar-refractivity contribution is 0.567. The zero-order valence-corrected chi connectivity index (χ0v) is 9.62. The van der Waals surface area contributed by atoms with E-state index in [1.165, 1.54) is 37.8 Å². The Morgan fingerprint density at radius 1 is 1.24 bits per heavy atom. The van der Waals surface area contributed by atoms with Crippen LogP contribution in [0.5, 0.6) is 0 Å². The smallest absolute Gasteiger partial charge is 0.124 e. The van der Waals surface area contributed by atoms with Crippen LogP contribution >= 0.6 is 0 Å². The molecule has 1 N–H and O–H groups in total. The van der Waals surface area contributed by atoms with Crippen LogP contribution in [0.4, 0.5) is 10.1 Å². The third-order valence-electron chi connectivity index (χ3n) is 3.68. The number of hydrogen-bond acceptors (Lipinski definition) is 2. The molecular formula is C14H15FN2. The third-order valence-corrected chi connectivity index (χ3v) is 3.68. The fraction of sp³-hybridized carbons (Fsp3) is 0.500. The minimum absolute atomic E-state index is 0.346. The highest BCUT2D eigenvalue weighted by atomic mass is 19.1. The second-order valence-electron chi connectivity index (χ2n) is 5.15. The van der Waals surface area contributed by atoms with Gasteiger partial charge in [0.05, 0.1) is 11.3 Å². The lowest BCUT2D eigenvalue weighted by Gasteiger charge is -2.19. The van der Waals surface area contributed by atoms with Crippen molar-refractivity contribution in [1.29, 1.82) is 5.26 Å². The predicted molar refractivity (Wildman–Crippen MR) is 64.0 cm³/mol. The molecular weight excluding hydrogens is 215 g/mol. The molecule has 2 saturated carbocycles. The molecule has 1 aromatic rings.